The SMILES string of the molecule is CC(C)c1cccc(C(C)C)c1-n1c(=O)c(=O)n(CC2CN(C(=O)OC(C)(C)C)C2)c2cc(Cl)c(-c3ccccc3F)nc21. The van der Waals surface area contributed by atoms with Gasteiger partial charge in [-0.15, -0.1) is 0 Å². The Labute approximate surface area is 261 Å². The van der Waals surface area contributed by atoms with Crippen LogP contribution in [-0.2, 0) is 11.3 Å². The fraction of sp³-hybridized carbons (Fsp3) is 0.412. The van der Waals surface area contributed by atoms with Crippen molar-refractivity contribution in [3.05, 3.63) is 91.2 Å². The van der Waals surface area contributed by atoms with Crippen LogP contribution in [0.15, 0.2) is 58.1 Å². The molecule has 1 amide bonds. The smallest absolute Gasteiger partial charge is 0.410 e. The van der Waals surface area contributed by atoms with Crippen molar-refractivity contribution in [2.24, 2.45) is 5.92 Å². The van der Waals surface area contributed by atoms with Gasteiger partial charge in [-0.05, 0) is 61.9 Å². The lowest BCUT2D eigenvalue weighted by Gasteiger charge is -2.40. The number of rotatable bonds is 6. The summed E-state index contributed by atoms with van der Waals surface area (Å²) in [6, 6.07) is 13.6. The average molecular weight is 621 g/mol. The number of fused-ring (bicyclic) bond motifs is 1. The number of aromatic nitrogens is 3. The van der Waals surface area contributed by atoms with Gasteiger partial charge in [0.1, 0.15) is 11.4 Å². The second-order valence-electron chi connectivity index (χ2n) is 13.0. The van der Waals surface area contributed by atoms with E-state index in [-0.39, 0.29) is 46.2 Å². The molecule has 0 N–H and O–H groups in total. The van der Waals surface area contributed by atoms with Gasteiger partial charge in [-0.2, -0.15) is 0 Å². The van der Waals surface area contributed by atoms with Gasteiger partial charge in [0.15, 0.2) is 5.65 Å². The quantitative estimate of drug-likeness (QED) is 0.214. The molecule has 8 nitrogen and oxygen atoms in total. The first kappa shape index (κ1) is 31.4. The highest BCUT2D eigenvalue weighted by molar-refractivity contribution is 6.33. The van der Waals surface area contributed by atoms with E-state index in [0.717, 1.165) is 11.1 Å². The Balaban J connectivity index is 1.74. The number of amides is 1. The van der Waals surface area contributed by atoms with E-state index in [1.165, 1.54) is 15.2 Å². The summed E-state index contributed by atoms with van der Waals surface area (Å²) in [7, 11) is 0. The highest BCUT2D eigenvalue weighted by atomic mass is 35.5. The maximum atomic E-state index is 15.0. The summed E-state index contributed by atoms with van der Waals surface area (Å²) in [4.78, 5) is 47.0. The predicted molar refractivity (Wildman–Crippen MR) is 171 cm³/mol. The van der Waals surface area contributed by atoms with Crippen molar-refractivity contribution in [2.75, 3.05) is 13.1 Å². The van der Waals surface area contributed by atoms with Crippen LogP contribution in [0.4, 0.5) is 9.18 Å². The third-order valence-corrected chi connectivity index (χ3v) is 8.10. The Morgan fingerprint density at radius 1 is 1.00 bits per heavy atom. The van der Waals surface area contributed by atoms with E-state index in [2.05, 4.69) is 0 Å². The Morgan fingerprint density at radius 3 is 2.18 bits per heavy atom. The van der Waals surface area contributed by atoms with Crippen LogP contribution in [0, 0.1) is 11.7 Å². The molecule has 5 rings (SSSR count). The molecule has 1 aliphatic rings. The van der Waals surface area contributed by atoms with Crippen LogP contribution in [0.1, 0.15) is 71.4 Å². The summed E-state index contributed by atoms with van der Waals surface area (Å²) in [5.74, 6) is -0.552. The molecule has 2 aromatic heterocycles. The molecule has 1 aliphatic heterocycles. The van der Waals surface area contributed by atoms with Crippen molar-refractivity contribution in [3.63, 3.8) is 0 Å². The lowest BCUT2D eigenvalue weighted by atomic mass is 9.92. The van der Waals surface area contributed by atoms with Gasteiger partial charge in [0.05, 0.1) is 21.9 Å². The fourth-order valence-electron chi connectivity index (χ4n) is 5.67. The molecule has 44 heavy (non-hydrogen) atoms. The van der Waals surface area contributed by atoms with Crippen molar-refractivity contribution in [3.8, 4) is 16.9 Å². The van der Waals surface area contributed by atoms with E-state index in [9.17, 15) is 14.4 Å². The number of ether oxygens (including phenoxy) is 1. The molecule has 0 bridgehead atoms. The molecule has 0 atom stereocenters. The zero-order valence-electron chi connectivity index (χ0n) is 26.1. The lowest BCUT2D eigenvalue weighted by Crippen LogP contribution is -2.54. The largest absolute Gasteiger partial charge is 0.444 e. The van der Waals surface area contributed by atoms with Crippen molar-refractivity contribution < 1.29 is 13.9 Å². The number of halogens is 2. The number of pyridine rings is 1. The number of carbonyl (C=O) groups is 1. The van der Waals surface area contributed by atoms with E-state index >= 15 is 4.39 Å². The summed E-state index contributed by atoms with van der Waals surface area (Å²) in [6.07, 6.45) is -0.424. The van der Waals surface area contributed by atoms with Gasteiger partial charge in [0.25, 0.3) is 0 Å². The van der Waals surface area contributed by atoms with Gasteiger partial charge < -0.3 is 14.2 Å². The van der Waals surface area contributed by atoms with Crippen LogP contribution in [0.2, 0.25) is 5.02 Å². The molecule has 1 fully saturated rings. The van der Waals surface area contributed by atoms with Crippen molar-refractivity contribution >= 4 is 28.9 Å². The molecular weight excluding hydrogens is 583 g/mol. The first-order valence-corrected chi connectivity index (χ1v) is 15.3. The number of nitrogens with zero attached hydrogens (tertiary/aromatic N) is 4. The molecule has 4 aromatic rings. The monoisotopic (exact) mass is 620 g/mol. The maximum Gasteiger partial charge on any atom is 0.410 e. The molecular formula is C34H38ClFN4O4. The fourth-order valence-corrected chi connectivity index (χ4v) is 5.92. The minimum Gasteiger partial charge on any atom is -0.444 e. The van der Waals surface area contributed by atoms with E-state index in [1.807, 2.05) is 45.9 Å². The van der Waals surface area contributed by atoms with Gasteiger partial charge in [0.2, 0.25) is 0 Å². The first-order chi connectivity index (χ1) is 20.7. The lowest BCUT2D eigenvalue weighted by molar-refractivity contribution is -0.00331. The van der Waals surface area contributed by atoms with Crippen LogP contribution in [-0.4, -0.2) is 43.8 Å². The van der Waals surface area contributed by atoms with E-state index < -0.39 is 28.6 Å². The summed E-state index contributed by atoms with van der Waals surface area (Å²) in [5.41, 5.74) is 1.17. The highest BCUT2D eigenvalue weighted by Gasteiger charge is 2.35. The third-order valence-electron chi connectivity index (χ3n) is 7.81. The minimum atomic E-state index is -0.759. The number of carbonyl (C=O) groups excluding carboxylic acids is 1. The Hall–Kier alpha value is -3.98. The van der Waals surface area contributed by atoms with Gasteiger partial charge in [-0.1, -0.05) is 69.6 Å². The maximum absolute atomic E-state index is 15.0. The zero-order chi connectivity index (χ0) is 32.1. The highest BCUT2D eigenvalue weighted by Crippen LogP contribution is 2.35. The summed E-state index contributed by atoms with van der Waals surface area (Å²) < 4.78 is 23.2. The van der Waals surface area contributed by atoms with Crippen LogP contribution >= 0.6 is 11.6 Å². The Kier molecular flexibility index (Phi) is 8.46. The van der Waals surface area contributed by atoms with Crippen LogP contribution in [0.5, 0.6) is 0 Å². The second-order valence-corrected chi connectivity index (χ2v) is 13.5. The Bertz CT molecular complexity index is 1840. The molecule has 0 unspecified atom stereocenters. The molecule has 0 spiro atoms. The van der Waals surface area contributed by atoms with Gasteiger partial charge >= 0.3 is 17.2 Å². The molecule has 0 saturated carbocycles. The molecule has 3 heterocycles. The van der Waals surface area contributed by atoms with Crippen molar-refractivity contribution in [1.82, 2.24) is 19.0 Å². The molecule has 0 aliphatic carbocycles. The molecule has 10 heteroatoms. The summed E-state index contributed by atoms with van der Waals surface area (Å²) >= 11 is 6.74. The van der Waals surface area contributed by atoms with Crippen LogP contribution in [0.25, 0.3) is 28.1 Å². The number of para-hydroxylation sites is 1. The van der Waals surface area contributed by atoms with E-state index in [0.29, 0.717) is 24.3 Å². The number of hydrogen-bond acceptors (Lipinski definition) is 5. The van der Waals surface area contributed by atoms with E-state index in [1.54, 1.807) is 49.9 Å². The normalized spacial score (nSPS) is 14.0. The Morgan fingerprint density at radius 2 is 1.61 bits per heavy atom. The number of hydrogen-bond donors (Lipinski definition) is 0. The third kappa shape index (κ3) is 5.89. The second kappa shape index (κ2) is 11.8. The summed E-state index contributed by atoms with van der Waals surface area (Å²) in [6.45, 7) is 14.4. The first-order valence-electron chi connectivity index (χ1n) is 14.9. The molecule has 2 aromatic carbocycles. The zero-order valence-corrected chi connectivity index (χ0v) is 26.9. The van der Waals surface area contributed by atoms with Gasteiger partial charge in [-0.3, -0.25) is 14.2 Å². The standard InChI is InChI=1S/C34H38ClFN4O4/c1-19(2)22-12-10-13-23(20(3)4)29(22)40-30-27(15-25(35)28(37-30)24-11-8-9-14-26(24)36)39(31(41)32(40)42)18-21-16-38(17-21)33(43)44-34(5,6)7/h8-15,19-21H,16-18H2,1-7H3. The topological polar surface area (TPSA) is 86.4 Å². The molecule has 232 valence electrons. The van der Waals surface area contributed by atoms with Crippen LogP contribution in [0.3, 0.4) is 0 Å². The predicted octanol–water partition coefficient (Wildman–Crippen LogP) is 7.12. The minimum absolute atomic E-state index is 0.0280. The number of benzene rings is 2. The average Bonchev–Trinajstić information content (AvgIpc) is 2.91. The number of likely N-dealkylation sites (tertiary alicyclic amines) is 1. The van der Waals surface area contributed by atoms with E-state index in [4.69, 9.17) is 21.3 Å². The van der Waals surface area contributed by atoms with Crippen molar-refractivity contribution in [2.45, 2.75) is 72.4 Å². The van der Waals surface area contributed by atoms with Crippen LogP contribution < -0.4 is 11.1 Å². The summed E-state index contributed by atoms with van der Waals surface area (Å²) in [5, 5.41) is 0.145. The molecule has 0 radical (unpaired) electrons. The van der Waals surface area contributed by atoms with Gasteiger partial charge in [-0.25, -0.2) is 14.2 Å². The van der Waals surface area contributed by atoms with Gasteiger partial charge in [0, 0.05) is 31.1 Å². The van der Waals surface area contributed by atoms with Crippen molar-refractivity contribution in [1.29, 1.82) is 0 Å². The molecule has 1 saturated heterocycles.